The first-order valence-electron chi connectivity index (χ1n) is 6.14. The lowest BCUT2D eigenvalue weighted by Crippen LogP contribution is -2.34. The van der Waals surface area contributed by atoms with Crippen LogP contribution < -0.4 is 0 Å². The Morgan fingerprint density at radius 1 is 1.07 bits per heavy atom. The van der Waals surface area contributed by atoms with Gasteiger partial charge in [-0.25, -0.2) is 0 Å². The van der Waals surface area contributed by atoms with Crippen LogP contribution in [0.1, 0.15) is 44.9 Å². The van der Waals surface area contributed by atoms with E-state index in [1.807, 2.05) is 0 Å². The van der Waals surface area contributed by atoms with E-state index in [9.17, 15) is 5.11 Å². The second-order valence-corrected chi connectivity index (χ2v) is 4.80. The summed E-state index contributed by atoms with van der Waals surface area (Å²) in [7, 11) is 0. The van der Waals surface area contributed by atoms with Crippen LogP contribution in [0.5, 0.6) is 0 Å². The molecule has 1 N–H and O–H groups in total. The molecular weight excluding hydrogens is 176 g/mol. The van der Waals surface area contributed by atoms with E-state index in [2.05, 4.69) is 0 Å². The van der Waals surface area contributed by atoms with Crippen molar-refractivity contribution in [3.63, 3.8) is 0 Å². The molecule has 2 heteroatoms. The summed E-state index contributed by atoms with van der Waals surface area (Å²) in [6.07, 6.45) is 9.35. The molecule has 2 atom stereocenters. The highest BCUT2D eigenvalue weighted by Gasteiger charge is 2.32. The first-order valence-corrected chi connectivity index (χ1v) is 6.14. The van der Waals surface area contributed by atoms with Gasteiger partial charge in [0.15, 0.2) is 0 Å². The number of aliphatic hydroxyl groups excluding tert-OH is 1. The third-order valence-electron chi connectivity index (χ3n) is 3.91. The zero-order chi connectivity index (χ0) is 9.80. The van der Waals surface area contributed by atoms with Crippen molar-refractivity contribution in [1.29, 1.82) is 0 Å². The standard InChI is InChI=1S/C12H22O2/c13-9-11(10-5-1-2-6-10)12-7-3-4-8-14-12/h10-13H,1-9H2. The van der Waals surface area contributed by atoms with Crippen molar-refractivity contribution < 1.29 is 9.84 Å². The summed E-state index contributed by atoms with van der Waals surface area (Å²) in [5.41, 5.74) is 0. The van der Waals surface area contributed by atoms with Gasteiger partial charge in [0.1, 0.15) is 0 Å². The molecule has 0 radical (unpaired) electrons. The molecule has 14 heavy (non-hydrogen) atoms. The van der Waals surface area contributed by atoms with Crippen LogP contribution in [0.15, 0.2) is 0 Å². The minimum absolute atomic E-state index is 0.329. The number of hydrogen-bond donors (Lipinski definition) is 1. The van der Waals surface area contributed by atoms with E-state index in [1.165, 1.54) is 44.9 Å². The van der Waals surface area contributed by atoms with Gasteiger partial charge in [-0.1, -0.05) is 25.7 Å². The summed E-state index contributed by atoms with van der Waals surface area (Å²) in [6.45, 7) is 1.24. The van der Waals surface area contributed by atoms with Crippen LogP contribution in [0.25, 0.3) is 0 Å². The lowest BCUT2D eigenvalue weighted by Gasteiger charge is -2.33. The smallest absolute Gasteiger partial charge is 0.0627 e. The molecule has 0 bridgehead atoms. The Morgan fingerprint density at radius 2 is 1.79 bits per heavy atom. The molecule has 1 aliphatic carbocycles. The Balaban J connectivity index is 1.89. The second-order valence-electron chi connectivity index (χ2n) is 4.80. The van der Waals surface area contributed by atoms with Crippen LogP contribution in [0.3, 0.4) is 0 Å². The van der Waals surface area contributed by atoms with Gasteiger partial charge in [0, 0.05) is 19.1 Å². The van der Waals surface area contributed by atoms with E-state index in [0.29, 0.717) is 18.6 Å². The van der Waals surface area contributed by atoms with Crippen LogP contribution in [0, 0.1) is 11.8 Å². The van der Waals surface area contributed by atoms with Gasteiger partial charge in [0.2, 0.25) is 0 Å². The number of hydrogen-bond acceptors (Lipinski definition) is 2. The van der Waals surface area contributed by atoms with Gasteiger partial charge in [-0.05, 0) is 25.2 Å². The third-order valence-corrected chi connectivity index (χ3v) is 3.91. The highest BCUT2D eigenvalue weighted by Crippen LogP contribution is 2.36. The monoisotopic (exact) mass is 198 g/mol. The first-order chi connectivity index (χ1) is 6.92. The fourth-order valence-corrected chi connectivity index (χ4v) is 3.06. The molecule has 2 nitrogen and oxygen atoms in total. The van der Waals surface area contributed by atoms with Gasteiger partial charge in [-0.2, -0.15) is 0 Å². The van der Waals surface area contributed by atoms with Gasteiger partial charge in [-0.3, -0.25) is 0 Å². The summed E-state index contributed by atoms with van der Waals surface area (Å²) in [6, 6.07) is 0. The van der Waals surface area contributed by atoms with Gasteiger partial charge in [0.25, 0.3) is 0 Å². The van der Waals surface area contributed by atoms with Crippen molar-refractivity contribution in [2.24, 2.45) is 11.8 Å². The Bertz CT molecular complexity index is 158. The Morgan fingerprint density at radius 3 is 2.36 bits per heavy atom. The summed E-state index contributed by atoms with van der Waals surface area (Å²) < 4.78 is 5.78. The molecule has 1 saturated carbocycles. The van der Waals surface area contributed by atoms with Crippen LogP contribution in [-0.2, 0) is 4.74 Å². The van der Waals surface area contributed by atoms with E-state index in [0.717, 1.165) is 12.5 Å². The summed E-state index contributed by atoms with van der Waals surface area (Å²) in [5, 5.41) is 9.46. The van der Waals surface area contributed by atoms with Crippen molar-refractivity contribution in [3.8, 4) is 0 Å². The summed E-state index contributed by atoms with van der Waals surface area (Å²) in [5.74, 6) is 1.17. The lowest BCUT2D eigenvalue weighted by molar-refractivity contribution is -0.0529. The molecule has 2 fully saturated rings. The van der Waals surface area contributed by atoms with Gasteiger partial charge in [-0.15, -0.1) is 0 Å². The second kappa shape index (κ2) is 5.13. The van der Waals surface area contributed by atoms with Crippen LogP contribution >= 0.6 is 0 Å². The van der Waals surface area contributed by atoms with E-state index in [4.69, 9.17) is 4.74 Å². The molecule has 0 amide bonds. The average Bonchev–Trinajstić information content (AvgIpc) is 2.74. The molecule has 1 saturated heterocycles. The highest BCUT2D eigenvalue weighted by atomic mass is 16.5. The summed E-state index contributed by atoms with van der Waals surface area (Å²) >= 11 is 0. The number of aliphatic hydroxyl groups is 1. The molecule has 0 aromatic rings. The van der Waals surface area contributed by atoms with Crippen LogP contribution in [0.2, 0.25) is 0 Å². The van der Waals surface area contributed by atoms with Gasteiger partial charge in [0.05, 0.1) is 6.10 Å². The predicted octanol–water partition coefficient (Wildman–Crippen LogP) is 2.35. The molecule has 0 spiro atoms. The van der Waals surface area contributed by atoms with Crippen molar-refractivity contribution in [2.45, 2.75) is 51.0 Å². The SMILES string of the molecule is OCC(C1CCCC1)C1CCCCO1. The average molecular weight is 198 g/mol. The molecular formula is C12H22O2. The van der Waals surface area contributed by atoms with E-state index in [-0.39, 0.29) is 0 Å². The minimum Gasteiger partial charge on any atom is -0.396 e. The van der Waals surface area contributed by atoms with E-state index in [1.54, 1.807) is 0 Å². The molecule has 82 valence electrons. The molecule has 2 unspecified atom stereocenters. The normalized spacial score (nSPS) is 31.9. The largest absolute Gasteiger partial charge is 0.396 e. The van der Waals surface area contributed by atoms with Crippen LogP contribution in [-0.4, -0.2) is 24.4 Å². The molecule has 2 rings (SSSR count). The van der Waals surface area contributed by atoms with Crippen molar-refractivity contribution in [3.05, 3.63) is 0 Å². The Hall–Kier alpha value is -0.0800. The van der Waals surface area contributed by atoms with Gasteiger partial charge >= 0.3 is 0 Å². The maximum absolute atomic E-state index is 9.46. The fourth-order valence-electron chi connectivity index (χ4n) is 3.06. The molecule has 0 aromatic heterocycles. The zero-order valence-electron chi connectivity index (χ0n) is 8.95. The minimum atomic E-state index is 0.329. The van der Waals surface area contributed by atoms with Crippen molar-refractivity contribution in [1.82, 2.24) is 0 Å². The van der Waals surface area contributed by atoms with Crippen molar-refractivity contribution >= 4 is 0 Å². The maximum atomic E-state index is 9.46. The van der Waals surface area contributed by atoms with Crippen LogP contribution in [0.4, 0.5) is 0 Å². The first kappa shape index (κ1) is 10.4. The van der Waals surface area contributed by atoms with E-state index >= 15 is 0 Å². The Kier molecular flexibility index (Phi) is 3.82. The Labute approximate surface area is 86.6 Å². The number of ether oxygens (including phenoxy) is 1. The third kappa shape index (κ3) is 2.29. The maximum Gasteiger partial charge on any atom is 0.0627 e. The van der Waals surface area contributed by atoms with Gasteiger partial charge < -0.3 is 9.84 Å². The molecule has 0 aromatic carbocycles. The highest BCUT2D eigenvalue weighted by molar-refractivity contribution is 4.82. The lowest BCUT2D eigenvalue weighted by atomic mass is 9.84. The summed E-state index contributed by atoms with van der Waals surface area (Å²) in [4.78, 5) is 0. The molecule has 1 aliphatic heterocycles. The van der Waals surface area contributed by atoms with Crippen molar-refractivity contribution in [2.75, 3.05) is 13.2 Å². The quantitative estimate of drug-likeness (QED) is 0.754. The molecule has 1 heterocycles. The van der Waals surface area contributed by atoms with E-state index < -0.39 is 0 Å². The predicted molar refractivity (Wildman–Crippen MR) is 56.1 cm³/mol. The zero-order valence-corrected chi connectivity index (χ0v) is 8.95. The topological polar surface area (TPSA) is 29.5 Å². The fraction of sp³-hybridized carbons (Fsp3) is 1.00. The number of rotatable bonds is 3. The molecule has 2 aliphatic rings.